The number of hydrogen-bond donors (Lipinski definition) is 3. The number of esters is 2. The molecule has 2 amide bonds. The second kappa shape index (κ2) is 18.6. The van der Waals surface area contributed by atoms with Gasteiger partial charge in [0.25, 0.3) is 5.91 Å². The van der Waals surface area contributed by atoms with E-state index >= 15 is 4.79 Å². The zero-order valence-corrected chi connectivity index (χ0v) is 38.6. The number of amides is 2. The fraction of sp³-hybridized carbons (Fsp3) is 0.444. The van der Waals surface area contributed by atoms with Gasteiger partial charge >= 0.3 is 11.9 Å². The van der Waals surface area contributed by atoms with E-state index in [0.717, 1.165) is 41.5 Å². The highest BCUT2D eigenvalue weighted by Crippen LogP contribution is 2.59. The highest BCUT2D eigenvalue weighted by molar-refractivity contribution is 5.95. The van der Waals surface area contributed by atoms with E-state index in [1.165, 1.54) is 0 Å². The Morgan fingerprint density at radius 1 is 0.868 bits per heavy atom. The first kappa shape index (κ1) is 46.0. The number of benzene rings is 4. The van der Waals surface area contributed by atoms with Crippen molar-refractivity contribution in [2.24, 2.45) is 11.3 Å². The van der Waals surface area contributed by atoms with Crippen LogP contribution in [-0.4, -0.2) is 94.8 Å². The Balaban J connectivity index is 0.905. The highest BCUT2D eigenvalue weighted by Gasteiger charge is 2.76. The van der Waals surface area contributed by atoms with Crippen LogP contribution in [-0.2, 0) is 61.8 Å². The number of hydrogen-bond acceptors (Lipinski definition) is 12. The van der Waals surface area contributed by atoms with E-state index < -0.39 is 77.1 Å². The molecule has 3 N–H and O–H groups in total. The summed E-state index contributed by atoms with van der Waals surface area (Å²) < 4.78 is 31.5. The third-order valence-electron chi connectivity index (χ3n) is 14.1. The molecule has 2 bridgehead atoms. The molecule has 4 saturated heterocycles. The summed E-state index contributed by atoms with van der Waals surface area (Å²) in [6.07, 6.45) is 5.50. The number of nitrogens with one attached hydrogen (secondary N) is 2. The Bertz CT molecular complexity index is 2490. The van der Waals surface area contributed by atoms with Crippen LogP contribution in [0.4, 0.5) is 0 Å². The maximum Gasteiger partial charge on any atom is 0.327 e. The Morgan fingerprint density at radius 3 is 2.28 bits per heavy atom. The highest BCUT2D eigenvalue weighted by atomic mass is 16.8. The maximum absolute atomic E-state index is 15.2. The van der Waals surface area contributed by atoms with Crippen LogP contribution >= 0.6 is 0 Å². The predicted octanol–water partition coefficient (Wildman–Crippen LogP) is 6.28. The van der Waals surface area contributed by atoms with Crippen LogP contribution in [0.5, 0.6) is 0 Å². The molecule has 10 atom stereocenters. The maximum atomic E-state index is 15.2. The molecule has 0 radical (unpaired) electrons. The van der Waals surface area contributed by atoms with Gasteiger partial charge in [-0.3, -0.25) is 24.0 Å². The Kier molecular flexibility index (Phi) is 12.6. The topological polar surface area (TPSA) is 174 Å². The number of ether oxygens (including phenoxy) is 5. The molecule has 2 aliphatic carbocycles. The van der Waals surface area contributed by atoms with Crippen molar-refractivity contribution in [1.82, 2.24) is 15.7 Å². The van der Waals surface area contributed by atoms with Crippen LogP contribution in [0.3, 0.4) is 0 Å². The predicted molar refractivity (Wildman–Crippen MR) is 248 cm³/mol. The number of carbonyl (C=O) groups is 4. The summed E-state index contributed by atoms with van der Waals surface area (Å²) in [6, 6.07) is 32.3. The number of aliphatic hydroxyl groups is 1. The standard InChI is InChI=1S/C54H59N3O11/c1-52(2,3)65-44(59)26-24-40(32-58)56-49(60)37-12-10-11-36(27-37)30-55-51(62)53-29-43-45-46(67-54(66-45,38-13-6-4-7-14-38)39-15-8-5-9-16-39)48(53)68-57(47(53)50(61)64-43)31-35-21-18-33(19-22-35)17-20-34-23-25-41-42(28-34)63-41/h4-22,27,34,40-43,45-48,58H,23-26,28-32H2,1-3H3,(H,55,62)(H,56,60). The van der Waals surface area contributed by atoms with Gasteiger partial charge in [0.05, 0.1) is 31.4 Å². The molecule has 6 fully saturated rings. The monoisotopic (exact) mass is 925 g/mol. The molecule has 6 aliphatic rings. The van der Waals surface area contributed by atoms with Gasteiger partial charge in [0.15, 0.2) is 6.04 Å². The molecule has 4 aliphatic heterocycles. The summed E-state index contributed by atoms with van der Waals surface area (Å²) in [6.45, 7) is 5.17. The Morgan fingerprint density at radius 2 is 1.59 bits per heavy atom. The zero-order chi connectivity index (χ0) is 47.2. The van der Waals surface area contributed by atoms with Crippen LogP contribution < -0.4 is 10.6 Å². The van der Waals surface area contributed by atoms with E-state index in [4.69, 9.17) is 28.5 Å². The van der Waals surface area contributed by atoms with Gasteiger partial charge in [0.2, 0.25) is 11.7 Å². The first-order valence-electron chi connectivity index (χ1n) is 23.9. The molecule has 2 saturated carbocycles. The number of epoxide rings is 1. The number of hydroxylamine groups is 2. The van der Waals surface area contributed by atoms with Crippen LogP contribution in [0.2, 0.25) is 0 Å². The lowest BCUT2D eigenvalue weighted by molar-refractivity contribution is -0.213. The first-order valence-corrected chi connectivity index (χ1v) is 23.9. The molecule has 4 aromatic carbocycles. The van der Waals surface area contributed by atoms with Gasteiger partial charge in [-0.15, -0.1) is 0 Å². The van der Waals surface area contributed by atoms with E-state index in [1.54, 1.807) is 50.1 Å². The van der Waals surface area contributed by atoms with Gasteiger partial charge < -0.3 is 39.4 Å². The van der Waals surface area contributed by atoms with Crippen molar-refractivity contribution >= 4 is 29.8 Å². The number of rotatable bonds is 15. The van der Waals surface area contributed by atoms with Gasteiger partial charge in [-0.25, -0.2) is 0 Å². The zero-order valence-electron chi connectivity index (χ0n) is 38.6. The van der Waals surface area contributed by atoms with Crippen molar-refractivity contribution < 1.29 is 52.8 Å². The van der Waals surface area contributed by atoms with E-state index in [-0.39, 0.29) is 39.0 Å². The van der Waals surface area contributed by atoms with E-state index in [9.17, 15) is 19.5 Å². The van der Waals surface area contributed by atoms with Gasteiger partial charge in [-0.05, 0) is 81.2 Å². The summed E-state index contributed by atoms with van der Waals surface area (Å²) in [4.78, 5) is 62.4. The minimum absolute atomic E-state index is 0.0218. The average Bonchev–Trinajstić information content (AvgIpc) is 3.86. The smallest absolute Gasteiger partial charge is 0.327 e. The molecular formula is C54H59N3O11. The van der Waals surface area contributed by atoms with Crippen molar-refractivity contribution in [3.05, 3.63) is 149 Å². The molecule has 10 unspecified atom stereocenters. The quantitative estimate of drug-likeness (QED) is 0.0901. The molecule has 0 spiro atoms. The molecule has 14 heteroatoms. The molecule has 0 aromatic heterocycles. The Hall–Kier alpha value is -5.74. The molecular weight excluding hydrogens is 867 g/mol. The second-order valence-corrected chi connectivity index (χ2v) is 20.0. The van der Waals surface area contributed by atoms with E-state index in [1.807, 2.05) is 84.9 Å². The van der Waals surface area contributed by atoms with E-state index in [0.29, 0.717) is 29.3 Å². The van der Waals surface area contributed by atoms with Gasteiger partial charge in [-0.2, -0.15) is 5.06 Å². The lowest BCUT2D eigenvalue weighted by Gasteiger charge is -2.48. The first-order chi connectivity index (χ1) is 32.8. The lowest BCUT2D eigenvalue weighted by atomic mass is 9.62. The molecule has 4 aromatic rings. The number of aliphatic hydroxyl groups excluding tert-OH is 1. The van der Waals surface area contributed by atoms with Crippen molar-refractivity contribution in [2.75, 3.05) is 6.61 Å². The SMILES string of the molecule is CC(C)(C)OC(=O)CCC(CO)NC(=O)c1cccc(CNC(=O)C23CC4OC(=O)C2N(Cc2ccc(C=CC5CCC6OC6C5)cc2)OC3C2OC(c3ccccc3)(c3ccccc3)OC42)c1. The van der Waals surface area contributed by atoms with Crippen molar-refractivity contribution in [2.45, 2.75) is 132 Å². The fourth-order valence-corrected chi connectivity index (χ4v) is 10.8. The van der Waals surface area contributed by atoms with Crippen LogP contribution in [0.25, 0.3) is 6.08 Å². The molecule has 10 rings (SSSR count). The molecule has 14 nitrogen and oxygen atoms in total. The van der Waals surface area contributed by atoms with Crippen LogP contribution in [0.1, 0.15) is 97.5 Å². The van der Waals surface area contributed by atoms with Crippen molar-refractivity contribution in [3.8, 4) is 0 Å². The van der Waals surface area contributed by atoms with Crippen molar-refractivity contribution in [3.63, 3.8) is 0 Å². The van der Waals surface area contributed by atoms with Crippen LogP contribution in [0, 0.1) is 11.3 Å². The third-order valence-corrected chi connectivity index (χ3v) is 14.1. The summed E-state index contributed by atoms with van der Waals surface area (Å²) in [7, 11) is 0. The number of fused-ring (bicyclic) bond motifs is 5. The normalized spacial score (nSPS) is 29.3. The number of nitrogens with zero attached hydrogens (tertiary/aromatic N) is 1. The number of allylic oxidation sites excluding steroid dienone is 1. The van der Waals surface area contributed by atoms with Crippen LogP contribution in [0.15, 0.2) is 115 Å². The summed E-state index contributed by atoms with van der Waals surface area (Å²) in [5, 5.41) is 17.5. The molecule has 4 heterocycles. The van der Waals surface area contributed by atoms with E-state index in [2.05, 4.69) is 22.8 Å². The van der Waals surface area contributed by atoms with Gasteiger partial charge in [0.1, 0.15) is 35.4 Å². The molecule has 356 valence electrons. The summed E-state index contributed by atoms with van der Waals surface area (Å²) in [5.41, 5.74) is 2.24. The third kappa shape index (κ3) is 9.13. The minimum atomic E-state index is -1.46. The average molecular weight is 926 g/mol. The van der Waals surface area contributed by atoms with Crippen molar-refractivity contribution in [1.29, 1.82) is 0 Å². The number of carbonyl (C=O) groups excluding carboxylic acids is 4. The van der Waals surface area contributed by atoms with Gasteiger partial charge in [0, 0.05) is 36.1 Å². The summed E-state index contributed by atoms with van der Waals surface area (Å²) >= 11 is 0. The van der Waals surface area contributed by atoms with Gasteiger partial charge in [-0.1, -0.05) is 109 Å². The summed E-state index contributed by atoms with van der Waals surface area (Å²) in [5.74, 6) is -2.78. The fourth-order valence-electron chi connectivity index (χ4n) is 10.8. The second-order valence-electron chi connectivity index (χ2n) is 20.0. The largest absolute Gasteiger partial charge is 0.460 e. The Labute approximate surface area is 396 Å². The molecule has 68 heavy (non-hydrogen) atoms. The minimum Gasteiger partial charge on any atom is -0.460 e. The lowest BCUT2D eigenvalue weighted by Crippen LogP contribution is -2.69.